The Kier molecular flexibility index (Phi) is 3.49. The fourth-order valence-electron chi connectivity index (χ4n) is 1.19. The van der Waals surface area contributed by atoms with E-state index in [0.29, 0.717) is 11.3 Å². The average Bonchev–Trinajstić information content (AvgIpc) is 2.19. The van der Waals surface area contributed by atoms with E-state index in [1.54, 1.807) is 18.2 Å². The van der Waals surface area contributed by atoms with Crippen LogP contribution in [0.3, 0.4) is 0 Å². The van der Waals surface area contributed by atoms with Crippen LogP contribution in [-0.4, -0.2) is 26.8 Å². The summed E-state index contributed by atoms with van der Waals surface area (Å²) < 4.78 is 4.58. The van der Waals surface area contributed by atoms with Crippen molar-refractivity contribution in [2.75, 3.05) is 12.4 Å². The third-order valence-corrected chi connectivity index (χ3v) is 1.97. The van der Waals surface area contributed by atoms with E-state index in [-0.39, 0.29) is 5.91 Å². The third kappa shape index (κ3) is 2.84. The fourth-order valence-corrected chi connectivity index (χ4v) is 1.19. The number of anilines is 1. The zero-order valence-corrected chi connectivity index (χ0v) is 8.96. The maximum Gasteiger partial charge on any atom is 0.337 e. The molecule has 0 saturated carbocycles. The summed E-state index contributed by atoms with van der Waals surface area (Å²) in [6.45, 7) is 1.42. The average molecular weight is 205 g/mol. The van der Waals surface area contributed by atoms with Crippen LogP contribution in [0.1, 0.15) is 17.3 Å². The predicted octanol–water partition coefficient (Wildman–Crippen LogP) is -0.310. The molecule has 0 unspecified atom stereocenters. The molecule has 1 N–H and O–H groups in total. The minimum absolute atomic E-state index is 0.167. The van der Waals surface area contributed by atoms with Crippen LogP contribution in [0.2, 0.25) is 0 Å². The van der Waals surface area contributed by atoms with Crippen LogP contribution in [0.25, 0.3) is 0 Å². The van der Waals surface area contributed by atoms with Crippen molar-refractivity contribution < 1.29 is 14.3 Å². The SMILES string of the molecule is Bc1ccc(C(=O)OC)cc1NC(C)=O. The van der Waals surface area contributed by atoms with Crippen LogP contribution in [0, 0.1) is 0 Å². The van der Waals surface area contributed by atoms with Gasteiger partial charge >= 0.3 is 5.97 Å². The molecule has 1 rings (SSSR count). The number of carbonyl (C=O) groups excluding carboxylic acids is 2. The number of nitrogens with one attached hydrogen (secondary N) is 1. The lowest BCUT2D eigenvalue weighted by Gasteiger charge is -2.08. The van der Waals surface area contributed by atoms with E-state index in [2.05, 4.69) is 10.1 Å². The Bertz CT molecular complexity index is 404. The lowest BCUT2D eigenvalue weighted by Crippen LogP contribution is -2.17. The zero-order valence-electron chi connectivity index (χ0n) is 8.96. The summed E-state index contributed by atoms with van der Waals surface area (Å²) >= 11 is 0. The van der Waals surface area contributed by atoms with Gasteiger partial charge in [-0.3, -0.25) is 4.79 Å². The second kappa shape index (κ2) is 4.64. The Morgan fingerprint density at radius 3 is 2.60 bits per heavy atom. The van der Waals surface area contributed by atoms with Gasteiger partial charge in [-0.1, -0.05) is 11.5 Å². The lowest BCUT2D eigenvalue weighted by molar-refractivity contribution is -0.114. The van der Waals surface area contributed by atoms with Crippen molar-refractivity contribution in [2.24, 2.45) is 0 Å². The van der Waals surface area contributed by atoms with Crippen LogP contribution in [0.4, 0.5) is 5.69 Å². The third-order valence-electron chi connectivity index (χ3n) is 1.97. The van der Waals surface area contributed by atoms with Crippen LogP contribution in [0.5, 0.6) is 0 Å². The highest BCUT2D eigenvalue weighted by atomic mass is 16.5. The van der Waals surface area contributed by atoms with Gasteiger partial charge in [0, 0.05) is 12.6 Å². The van der Waals surface area contributed by atoms with Gasteiger partial charge in [-0.2, -0.15) is 0 Å². The molecule has 1 aromatic carbocycles. The van der Waals surface area contributed by atoms with Gasteiger partial charge in [0.05, 0.1) is 12.7 Å². The predicted molar refractivity (Wildman–Crippen MR) is 60.3 cm³/mol. The number of benzene rings is 1. The van der Waals surface area contributed by atoms with Crippen LogP contribution in [-0.2, 0) is 9.53 Å². The zero-order chi connectivity index (χ0) is 11.4. The normalized spacial score (nSPS) is 9.47. The molecule has 0 aromatic heterocycles. The van der Waals surface area contributed by atoms with E-state index in [4.69, 9.17) is 0 Å². The molecule has 78 valence electrons. The largest absolute Gasteiger partial charge is 0.465 e. The van der Waals surface area contributed by atoms with Gasteiger partial charge in [-0.25, -0.2) is 4.79 Å². The molecule has 0 aliphatic carbocycles. The topological polar surface area (TPSA) is 55.4 Å². The van der Waals surface area contributed by atoms with Gasteiger partial charge < -0.3 is 10.1 Å². The first-order valence-corrected chi connectivity index (χ1v) is 4.51. The molecule has 0 radical (unpaired) electrons. The minimum Gasteiger partial charge on any atom is -0.465 e. The number of hydrogen-bond acceptors (Lipinski definition) is 3. The van der Waals surface area contributed by atoms with Crippen molar-refractivity contribution in [3.8, 4) is 0 Å². The highest BCUT2D eigenvalue weighted by molar-refractivity contribution is 6.36. The Labute approximate surface area is 89.0 Å². The maximum absolute atomic E-state index is 11.2. The van der Waals surface area contributed by atoms with Gasteiger partial charge in [-0.15, -0.1) is 0 Å². The second-order valence-electron chi connectivity index (χ2n) is 3.20. The fraction of sp³-hybridized carbons (Fsp3) is 0.200. The Hall–Kier alpha value is -1.78. The van der Waals surface area contributed by atoms with Gasteiger partial charge in [0.1, 0.15) is 7.85 Å². The van der Waals surface area contributed by atoms with Crippen molar-refractivity contribution in [2.45, 2.75) is 6.92 Å². The van der Waals surface area contributed by atoms with E-state index in [9.17, 15) is 9.59 Å². The minimum atomic E-state index is -0.415. The maximum atomic E-state index is 11.2. The number of carbonyl (C=O) groups is 2. The molecule has 4 nitrogen and oxygen atoms in total. The molecule has 0 aliphatic heterocycles. The van der Waals surface area contributed by atoms with Crippen LogP contribution < -0.4 is 10.8 Å². The van der Waals surface area contributed by atoms with Crippen LogP contribution in [0.15, 0.2) is 18.2 Å². The number of hydrogen-bond donors (Lipinski definition) is 1. The molecule has 0 heterocycles. The molecule has 1 amide bonds. The monoisotopic (exact) mass is 205 g/mol. The van der Waals surface area contributed by atoms with Gasteiger partial charge in [0.15, 0.2) is 0 Å². The standard InChI is InChI=1S/C10H12BNO3/c1-6(13)12-9-5-7(10(14)15-2)3-4-8(9)11/h3-5H,11H2,1-2H3,(H,12,13). The molecule has 5 heteroatoms. The number of methoxy groups -OCH3 is 1. The molecule has 0 spiro atoms. The number of ether oxygens (including phenoxy) is 1. The van der Waals surface area contributed by atoms with Crippen molar-refractivity contribution in [3.63, 3.8) is 0 Å². The van der Waals surface area contributed by atoms with Crippen molar-refractivity contribution in [1.82, 2.24) is 0 Å². The molecule has 0 fully saturated rings. The Morgan fingerprint density at radius 1 is 1.40 bits per heavy atom. The van der Waals surface area contributed by atoms with E-state index < -0.39 is 5.97 Å². The first kappa shape index (κ1) is 11.3. The van der Waals surface area contributed by atoms with Crippen LogP contribution >= 0.6 is 0 Å². The quantitative estimate of drug-likeness (QED) is 0.532. The number of esters is 1. The van der Waals surface area contributed by atoms with Gasteiger partial charge in [0.2, 0.25) is 5.91 Å². The second-order valence-corrected chi connectivity index (χ2v) is 3.20. The highest BCUT2D eigenvalue weighted by Crippen LogP contribution is 2.08. The van der Waals surface area contributed by atoms with Gasteiger partial charge in [-0.05, 0) is 12.1 Å². The van der Waals surface area contributed by atoms with E-state index in [1.165, 1.54) is 14.0 Å². The number of amides is 1. The molecule has 0 bridgehead atoms. The molecule has 1 aromatic rings. The first-order valence-electron chi connectivity index (χ1n) is 4.51. The molecular weight excluding hydrogens is 193 g/mol. The summed E-state index contributed by atoms with van der Waals surface area (Å²) in [6.07, 6.45) is 0. The summed E-state index contributed by atoms with van der Waals surface area (Å²) in [5.41, 5.74) is 1.95. The molecule has 0 aliphatic rings. The molecule has 0 atom stereocenters. The van der Waals surface area contributed by atoms with Crippen molar-refractivity contribution >= 4 is 30.9 Å². The van der Waals surface area contributed by atoms with E-state index in [1.807, 2.05) is 7.85 Å². The van der Waals surface area contributed by atoms with E-state index in [0.717, 1.165) is 5.46 Å². The summed E-state index contributed by atoms with van der Waals surface area (Å²) in [6, 6.07) is 5.02. The van der Waals surface area contributed by atoms with Gasteiger partial charge in [0.25, 0.3) is 0 Å². The summed E-state index contributed by atoms with van der Waals surface area (Å²) in [7, 11) is 3.17. The van der Waals surface area contributed by atoms with Crippen molar-refractivity contribution in [3.05, 3.63) is 23.8 Å². The lowest BCUT2D eigenvalue weighted by atomic mass is 9.92. The molecule has 15 heavy (non-hydrogen) atoms. The smallest absolute Gasteiger partial charge is 0.337 e. The molecule has 0 saturated heterocycles. The molecular formula is C10H12BNO3. The van der Waals surface area contributed by atoms with E-state index >= 15 is 0 Å². The first-order chi connectivity index (χ1) is 7.04. The Morgan fingerprint density at radius 2 is 2.07 bits per heavy atom. The summed E-state index contributed by atoms with van der Waals surface area (Å²) in [5, 5.41) is 2.65. The summed E-state index contributed by atoms with van der Waals surface area (Å²) in [5.74, 6) is -0.582. The summed E-state index contributed by atoms with van der Waals surface area (Å²) in [4.78, 5) is 22.1. The van der Waals surface area contributed by atoms with Crippen molar-refractivity contribution in [1.29, 1.82) is 0 Å². The number of rotatable bonds is 2. The highest BCUT2D eigenvalue weighted by Gasteiger charge is 2.08. The Balaban J connectivity index is 3.05.